The van der Waals surface area contributed by atoms with Gasteiger partial charge in [-0.15, -0.1) is 0 Å². The Morgan fingerprint density at radius 1 is 1.02 bits per heavy atom. The summed E-state index contributed by atoms with van der Waals surface area (Å²) in [6.45, 7) is 11.8. The molecule has 0 aromatic heterocycles. The van der Waals surface area contributed by atoms with Gasteiger partial charge in [-0.2, -0.15) is 27.0 Å². The van der Waals surface area contributed by atoms with Crippen LogP contribution in [0.1, 0.15) is 112 Å². The Morgan fingerprint density at radius 3 is 2.15 bits per heavy atom. The van der Waals surface area contributed by atoms with Gasteiger partial charge < -0.3 is 9.47 Å². The summed E-state index contributed by atoms with van der Waals surface area (Å²) < 4.78 is 77.2. The van der Waals surface area contributed by atoms with Crippen molar-refractivity contribution in [3.8, 4) is 0 Å². The molecular weight excluding hydrogens is 613 g/mol. The van der Waals surface area contributed by atoms with Gasteiger partial charge in [-0.1, -0.05) is 71.4 Å². The third-order valence-corrected chi connectivity index (χ3v) is 9.64. The van der Waals surface area contributed by atoms with E-state index in [0.29, 0.717) is 19.3 Å². The molecule has 1 fully saturated rings. The Balaban J connectivity index is 2.63. The van der Waals surface area contributed by atoms with Gasteiger partial charge in [-0.05, 0) is 57.9 Å². The Labute approximate surface area is 269 Å². The number of unbranched alkanes of at least 4 members (excludes halogenated alkanes) is 1. The van der Waals surface area contributed by atoms with Crippen LogP contribution in [-0.2, 0) is 28.7 Å². The Bertz CT molecular complexity index is 1180. The van der Waals surface area contributed by atoms with E-state index in [1.54, 1.807) is 20.8 Å². The first-order valence-corrected chi connectivity index (χ1v) is 16.1. The number of nitrogens with zero attached hydrogens (tertiary/aromatic N) is 1. The molecule has 6 unspecified atom stereocenters. The van der Waals surface area contributed by atoms with Crippen molar-refractivity contribution in [3.05, 3.63) is 35.9 Å². The van der Waals surface area contributed by atoms with Gasteiger partial charge in [0.25, 0.3) is 0 Å². The van der Waals surface area contributed by atoms with Crippen molar-refractivity contribution in [2.75, 3.05) is 13.2 Å². The van der Waals surface area contributed by atoms with Gasteiger partial charge in [-0.25, -0.2) is 4.79 Å². The molecule has 0 aliphatic carbocycles. The highest BCUT2D eigenvalue weighted by atomic mass is 19.4. The Kier molecular flexibility index (Phi) is 13.4. The molecule has 1 aliphatic heterocycles. The van der Waals surface area contributed by atoms with E-state index < -0.39 is 65.6 Å². The van der Waals surface area contributed by atoms with Crippen LogP contribution in [0.4, 0.5) is 22.0 Å². The minimum absolute atomic E-state index is 0.0308. The number of hydrogen-bond acceptors (Lipinski definition) is 7. The molecule has 1 aromatic rings. The number of Topliss-reactive ketones (excluding diaryl/α,β-unsaturated/α-hetero) is 1. The van der Waals surface area contributed by atoms with Crippen molar-refractivity contribution in [2.45, 2.75) is 135 Å². The molecule has 1 aromatic carbocycles. The summed E-state index contributed by atoms with van der Waals surface area (Å²) in [4.78, 5) is 46.9. The van der Waals surface area contributed by atoms with E-state index in [4.69, 9.17) is 9.57 Å². The maximum Gasteiger partial charge on any atom is 0.456 e. The maximum atomic E-state index is 13.9. The largest absolute Gasteiger partial charge is 0.465 e. The lowest BCUT2D eigenvalue weighted by molar-refractivity contribution is -0.342. The Hall–Kier alpha value is -2.60. The minimum atomic E-state index is -5.95. The van der Waals surface area contributed by atoms with Crippen LogP contribution >= 0.6 is 0 Å². The first-order valence-electron chi connectivity index (χ1n) is 16.1. The lowest BCUT2D eigenvalue weighted by atomic mass is 9.70. The summed E-state index contributed by atoms with van der Waals surface area (Å²) in [6, 6.07) is 9.26. The molecule has 0 bridgehead atoms. The number of halogens is 5. The van der Waals surface area contributed by atoms with Crippen LogP contribution in [0.25, 0.3) is 0 Å². The average Bonchev–Trinajstić information content (AvgIpc) is 3.00. The number of carbonyl (C=O) groups excluding carboxylic acids is 3. The number of ether oxygens (including phenoxy) is 2. The molecular formula is C34H50F5NO6. The quantitative estimate of drug-likeness (QED) is 0.100. The number of benzene rings is 1. The molecule has 6 atom stereocenters. The van der Waals surface area contributed by atoms with Gasteiger partial charge in [0, 0.05) is 18.8 Å². The van der Waals surface area contributed by atoms with Crippen LogP contribution in [0, 0.1) is 11.8 Å². The molecule has 0 spiro atoms. The molecule has 0 saturated carbocycles. The van der Waals surface area contributed by atoms with Crippen LogP contribution < -0.4 is 0 Å². The average molecular weight is 664 g/mol. The van der Waals surface area contributed by atoms with Gasteiger partial charge in [0.15, 0.2) is 12.2 Å². The molecule has 7 nitrogen and oxygen atoms in total. The Morgan fingerprint density at radius 2 is 1.63 bits per heavy atom. The van der Waals surface area contributed by atoms with E-state index in [-0.39, 0.29) is 31.1 Å². The van der Waals surface area contributed by atoms with E-state index in [2.05, 4.69) is 4.74 Å². The molecule has 1 heterocycles. The van der Waals surface area contributed by atoms with E-state index in [1.165, 1.54) is 12.0 Å². The van der Waals surface area contributed by atoms with Crippen LogP contribution in [-0.4, -0.2) is 64.8 Å². The summed E-state index contributed by atoms with van der Waals surface area (Å²) in [5, 5.41) is 1.52. The zero-order valence-corrected chi connectivity index (χ0v) is 28.3. The van der Waals surface area contributed by atoms with Crippen molar-refractivity contribution >= 4 is 17.7 Å². The van der Waals surface area contributed by atoms with Crippen molar-refractivity contribution in [3.63, 3.8) is 0 Å². The van der Waals surface area contributed by atoms with Crippen LogP contribution in [0.5, 0.6) is 0 Å². The summed E-state index contributed by atoms with van der Waals surface area (Å²) in [5.74, 6) is -9.32. The molecule has 0 radical (unpaired) electrons. The van der Waals surface area contributed by atoms with E-state index in [1.807, 2.05) is 58.0 Å². The molecule has 2 rings (SSSR count). The standard InChI is InChI=1S/C34H50F5NO6/c1-9-12-18-44-28(42)26(19-23(4)25-16-14-13-15-17-25)20-32(8,29(43)45-22-33(35,36)34(37,38)39)46-40-30(6,10-2)21-27(41)24(5)31(40,7)11-3/h13-17,23-24,26H,9-12,18-22H2,1-8H3. The van der Waals surface area contributed by atoms with Crippen molar-refractivity contribution in [2.24, 2.45) is 11.8 Å². The van der Waals surface area contributed by atoms with Gasteiger partial charge in [0.05, 0.1) is 23.6 Å². The topological polar surface area (TPSA) is 82.1 Å². The monoisotopic (exact) mass is 663 g/mol. The predicted octanol–water partition coefficient (Wildman–Crippen LogP) is 8.21. The zero-order chi connectivity index (χ0) is 35.1. The molecule has 1 saturated heterocycles. The minimum Gasteiger partial charge on any atom is -0.465 e. The number of hydrogen-bond donors (Lipinski definition) is 0. The fourth-order valence-corrected chi connectivity index (χ4v) is 5.93. The van der Waals surface area contributed by atoms with Crippen molar-refractivity contribution in [1.82, 2.24) is 5.06 Å². The number of carbonyl (C=O) groups is 3. The highest BCUT2D eigenvalue weighted by Gasteiger charge is 2.60. The van der Waals surface area contributed by atoms with Crippen LogP contribution in [0.15, 0.2) is 30.3 Å². The molecule has 262 valence electrons. The van der Waals surface area contributed by atoms with E-state index in [9.17, 15) is 36.3 Å². The van der Waals surface area contributed by atoms with Crippen LogP contribution in [0.2, 0.25) is 0 Å². The number of rotatable bonds is 16. The molecule has 1 aliphatic rings. The number of esters is 2. The first kappa shape index (κ1) is 39.6. The lowest BCUT2D eigenvalue weighted by Gasteiger charge is -2.57. The van der Waals surface area contributed by atoms with Gasteiger partial charge in [0.1, 0.15) is 5.78 Å². The zero-order valence-electron chi connectivity index (χ0n) is 28.3. The molecule has 46 heavy (non-hydrogen) atoms. The maximum absolute atomic E-state index is 13.9. The predicted molar refractivity (Wildman–Crippen MR) is 163 cm³/mol. The number of hydroxylamine groups is 2. The van der Waals surface area contributed by atoms with Crippen molar-refractivity contribution < 1.29 is 50.6 Å². The van der Waals surface area contributed by atoms with Gasteiger partial charge in [-0.3, -0.25) is 14.4 Å². The SMILES string of the molecule is CCCCOC(=O)C(CC(C)c1ccccc1)CC(C)(ON1C(C)(CC)CC(=O)C(C)C1(C)CC)C(=O)OCC(F)(F)C(F)(F)F. The fourth-order valence-electron chi connectivity index (χ4n) is 5.93. The second kappa shape index (κ2) is 15.5. The summed E-state index contributed by atoms with van der Waals surface area (Å²) in [5.41, 5.74) is -3.30. The van der Waals surface area contributed by atoms with Gasteiger partial charge in [0.2, 0.25) is 0 Å². The number of piperidine rings is 1. The summed E-state index contributed by atoms with van der Waals surface area (Å²) >= 11 is 0. The third kappa shape index (κ3) is 9.05. The summed E-state index contributed by atoms with van der Waals surface area (Å²) in [6.07, 6.45) is -4.11. The fraction of sp³-hybridized carbons (Fsp3) is 0.735. The van der Waals surface area contributed by atoms with E-state index >= 15 is 0 Å². The smallest absolute Gasteiger partial charge is 0.456 e. The number of ketones is 1. The summed E-state index contributed by atoms with van der Waals surface area (Å²) in [7, 11) is 0. The van der Waals surface area contributed by atoms with Gasteiger partial charge >= 0.3 is 24.0 Å². The normalized spacial score (nSPS) is 25.4. The molecule has 12 heteroatoms. The molecule has 0 amide bonds. The van der Waals surface area contributed by atoms with Crippen molar-refractivity contribution in [1.29, 1.82) is 0 Å². The number of alkyl halides is 5. The second-order valence-corrected chi connectivity index (χ2v) is 13.3. The second-order valence-electron chi connectivity index (χ2n) is 13.3. The lowest BCUT2D eigenvalue weighted by Crippen LogP contribution is -2.69. The van der Waals surface area contributed by atoms with E-state index in [0.717, 1.165) is 12.0 Å². The highest BCUT2D eigenvalue weighted by Crippen LogP contribution is 2.47. The first-order chi connectivity index (χ1) is 21.2. The highest BCUT2D eigenvalue weighted by molar-refractivity contribution is 5.84. The third-order valence-electron chi connectivity index (χ3n) is 9.64. The molecule has 0 N–H and O–H groups in total. The van der Waals surface area contributed by atoms with Crippen LogP contribution in [0.3, 0.4) is 0 Å².